The van der Waals surface area contributed by atoms with Gasteiger partial charge in [-0.05, 0) is 52.3 Å². The molecule has 0 bridgehead atoms. The first-order chi connectivity index (χ1) is 12.9. The summed E-state index contributed by atoms with van der Waals surface area (Å²) in [6.45, 7) is 7.84. The molecule has 1 aliphatic heterocycles. The van der Waals surface area contributed by atoms with Crippen LogP contribution in [0.2, 0.25) is 0 Å². The highest BCUT2D eigenvalue weighted by atomic mass is 19.3. The fourth-order valence-electron chi connectivity index (χ4n) is 3.50. The quantitative estimate of drug-likeness (QED) is 0.832. The van der Waals surface area contributed by atoms with E-state index in [2.05, 4.69) is 0 Å². The molecule has 1 saturated heterocycles. The van der Waals surface area contributed by atoms with Gasteiger partial charge in [-0.3, -0.25) is 4.90 Å². The molecule has 0 aromatic heterocycles. The predicted octanol–water partition coefficient (Wildman–Crippen LogP) is 3.82. The number of alkyl halides is 2. The molecule has 1 unspecified atom stereocenters. The molecular weight excluding hydrogens is 373 g/mol. The Hall–Kier alpha value is -1.80. The van der Waals surface area contributed by atoms with Crippen LogP contribution >= 0.6 is 0 Å². The summed E-state index contributed by atoms with van der Waals surface area (Å²) in [5, 5.41) is 9.30. The minimum atomic E-state index is -3.43. The molecule has 1 aromatic carbocycles. The highest BCUT2D eigenvalue weighted by Gasteiger charge is 2.48. The number of amides is 1. The Morgan fingerprint density at radius 2 is 1.75 bits per heavy atom. The van der Waals surface area contributed by atoms with E-state index in [-0.39, 0.29) is 24.7 Å². The molecule has 28 heavy (non-hydrogen) atoms. The number of carbonyl (C=O) groups is 1. The number of hydrogen-bond acceptors (Lipinski definition) is 4. The van der Waals surface area contributed by atoms with Crippen LogP contribution in [0.25, 0.3) is 0 Å². The van der Waals surface area contributed by atoms with E-state index in [1.165, 1.54) is 17.0 Å². The summed E-state index contributed by atoms with van der Waals surface area (Å²) in [6, 6.07) is 2.64. The molecule has 1 N–H and O–H groups in total. The first-order valence-corrected chi connectivity index (χ1v) is 9.35. The monoisotopic (exact) mass is 402 g/mol. The lowest BCUT2D eigenvalue weighted by atomic mass is 9.95. The van der Waals surface area contributed by atoms with Crippen molar-refractivity contribution in [2.24, 2.45) is 0 Å². The van der Waals surface area contributed by atoms with Gasteiger partial charge in [0.25, 0.3) is 5.92 Å². The van der Waals surface area contributed by atoms with E-state index < -0.39 is 42.1 Å². The van der Waals surface area contributed by atoms with Crippen LogP contribution in [0.5, 0.6) is 0 Å². The Bertz CT molecular complexity index is 676. The van der Waals surface area contributed by atoms with Crippen LogP contribution in [-0.2, 0) is 4.74 Å². The molecule has 1 heterocycles. The second kappa shape index (κ2) is 8.29. The number of benzene rings is 1. The molecule has 0 saturated carbocycles. The van der Waals surface area contributed by atoms with Crippen LogP contribution in [0.1, 0.15) is 46.2 Å². The Morgan fingerprint density at radius 1 is 1.18 bits per heavy atom. The van der Waals surface area contributed by atoms with Crippen molar-refractivity contribution in [1.82, 2.24) is 9.80 Å². The van der Waals surface area contributed by atoms with E-state index in [1.54, 1.807) is 39.5 Å². The van der Waals surface area contributed by atoms with E-state index in [0.717, 1.165) is 12.1 Å². The first-order valence-electron chi connectivity index (χ1n) is 9.35. The zero-order valence-electron chi connectivity index (χ0n) is 17.0. The highest BCUT2D eigenvalue weighted by Crippen LogP contribution is 2.39. The van der Waals surface area contributed by atoms with Gasteiger partial charge in [-0.2, -0.15) is 0 Å². The van der Waals surface area contributed by atoms with Crippen LogP contribution in [0.4, 0.5) is 18.0 Å². The normalized spacial score (nSPS) is 22.8. The van der Waals surface area contributed by atoms with Gasteiger partial charge in [-0.25, -0.2) is 18.0 Å². The lowest BCUT2D eigenvalue weighted by molar-refractivity contribution is -0.137. The lowest BCUT2D eigenvalue weighted by Gasteiger charge is -2.48. The zero-order valence-corrected chi connectivity index (χ0v) is 17.0. The maximum Gasteiger partial charge on any atom is 0.410 e. The lowest BCUT2D eigenvalue weighted by Crippen LogP contribution is -2.61. The number of hydrogen-bond donors (Lipinski definition) is 1. The van der Waals surface area contributed by atoms with Gasteiger partial charge in [0.1, 0.15) is 24.1 Å². The molecule has 158 valence electrons. The molecule has 8 heteroatoms. The summed E-state index contributed by atoms with van der Waals surface area (Å²) in [7, 11) is 0. The van der Waals surface area contributed by atoms with Gasteiger partial charge in [0.2, 0.25) is 0 Å². The van der Waals surface area contributed by atoms with Crippen molar-refractivity contribution in [3.05, 3.63) is 35.6 Å². The van der Waals surface area contributed by atoms with Gasteiger partial charge in [0.05, 0.1) is 0 Å². The van der Waals surface area contributed by atoms with Crippen LogP contribution in [0, 0.1) is 5.82 Å². The molecule has 5 nitrogen and oxygen atoms in total. The van der Waals surface area contributed by atoms with E-state index in [0.29, 0.717) is 0 Å². The van der Waals surface area contributed by atoms with Crippen molar-refractivity contribution >= 4 is 6.09 Å². The minimum Gasteiger partial charge on any atom is -0.444 e. The molecule has 1 amide bonds. The van der Waals surface area contributed by atoms with Gasteiger partial charge < -0.3 is 14.7 Å². The second-order valence-corrected chi connectivity index (χ2v) is 8.40. The Balaban J connectivity index is 2.29. The van der Waals surface area contributed by atoms with E-state index in [4.69, 9.17) is 4.74 Å². The molecule has 1 fully saturated rings. The molecule has 3 atom stereocenters. The minimum absolute atomic E-state index is 0.165. The first kappa shape index (κ1) is 22.5. The third-order valence-corrected chi connectivity index (χ3v) is 4.79. The summed E-state index contributed by atoms with van der Waals surface area (Å²) in [5.41, 5.74) is -0.442. The molecular formula is C20H29F3N2O3. The van der Waals surface area contributed by atoms with Crippen molar-refractivity contribution < 1.29 is 27.8 Å². The Labute approximate surface area is 164 Å². The molecule has 2 rings (SSSR count). The third kappa shape index (κ3) is 5.17. The number of piperazine rings is 1. The number of aliphatic hydroxyl groups is 1. The topological polar surface area (TPSA) is 53.0 Å². The molecule has 0 radical (unpaired) electrons. The number of aliphatic hydroxyl groups excluding tert-OH is 1. The predicted molar refractivity (Wildman–Crippen MR) is 99.7 cm³/mol. The SMILES string of the molecule is C[C@@H]1CN(C(=O)OC(C)(C)C)[C@@H](C)CN1C(c1ccc(F)cc1)C(F)(F)CO. The maximum absolute atomic E-state index is 14.7. The van der Waals surface area contributed by atoms with Gasteiger partial charge >= 0.3 is 6.09 Å². The van der Waals surface area contributed by atoms with Gasteiger partial charge in [0.15, 0.2) is 0 Å². The van der Waals surface area contributed by atoms with Gasteiger partial charge in [-0.1, -0.05) is 12.1 Å². The van der Waals surface area contributed by atoms with Crippen molar-refractivity contribution in [2.75, 3.05) is 19.7 Å². The molecule has 0 spiro atoms. The summed E-state index contributed by atoms with van der Waals surface area (Å²) in [4.78, 5) is 15.6. The maximum atomic E-state index is 14.7. The Morgan fingerprint density at radius 3 is 2.25 bits per heavy atom. The highest BCUT2D eigenvalue weighted by molar-refractivity contribution is 5.68. The van der Waals surface area contributed by atoms with E-state index in [1.807, 2.05) is 0 Å². The van der Waals surface area contributed by atoms with Crippen molar-refractivity contribution in [1.29, 1.82) is 0 Å². The van der Waals surface area contributed by atoms with Crippen LogP contribution in [-0.4, -0.2) is 64.3 Å². The van der Waals surface area contributed by atoms with Crippen molar-refractivity contribution in [2.45, 2.75) is 64.3 Å². The van der Waals surface area contributed by atoms with E-state index >= 15 is 0 Å². The van der Waals surface area contributed by atoms with Crippen LogP contribution in [0.15, 0.2) is 24.3 Å². The number of halogens is 3. The zero-order chi connectivity index (χ0) is 21.3. The molecule has 0 aliphatic carbocycles. The average molecular weight is 402 g/mol. The summed E-state index contributed by atoms with van der Waals surface area (Å²) in [5.74, 6) is -3.95. The van der Waals surface area contributed by atoms with Crippen LogP contribution < -0.4 is 0 Å². The number of nitrogens with zero attached hydrogens (tertiary/aromatic N) is 2. The third-order valence-electron chi connectivity index (χ3n) is 4.79. The average Bonchev–Trinajstić information content (AvgIpc) is 2.57. The van der Waals surface area contributed by atoms with Crippen molar-refractivity contribution in [3.8, 4) is 0 Å². The summed E-state index contributed by atoms with van der Waals surface area (Å²) < 4.78 is 48.0. The number of ether oxygens (including phenoxy) is 1. The Kier molecular flexibility index (Phi) is 6.66. The smallest absolute Gasteiger partial charge is 0.410 e. The summed E-state index contributed by atoms with van der Waals surface area (Å²) >= 11 is 0. The standard InChI is InChI=1S/C20H29F3N2O3/c1-13-11-25(18(27)28-19(3,4)5)14(2)10-24(13)17(20(22,23)12-26)15-6-8-16(21)9-7-15/h6-9,13-14,17,26H,10-12H2,1-5H3/t13-,14+,17?/m1/s1. The summed E-state index contributed by atoms with van der Waals surface area (Å²) in [6.07, 6.45) is -0.487. The van der Waals surface area contributed by atoms with E-state index in [9.17, 15) is 23.1 Å². The van der Waals surface area contributed by atoms with Gasteiger partial charge in [-0.15, -0.1) is 0 Å². The fraction of sp³-hybridized carbons (Fsp3) is 0.650. The van der Waals surface area contributed by atoms with Crippen LogP contribution in [0.3, 0.4) is 0 Å². The van der Waals surface area contributed by atoms with Crippen molar-refractivity contribution in [3.63, 3.8) is 0 Å². The second-order valence-electron chi connectivity index (χ2n) is 8.40. The number of carbonyl (C=O) groups excluding carboxylic acids is 1. The largest absolute Gasteiger partial charge is 0.444 e. The fourth-order valence-corrected chi connectivity index (χ4v) is 3.50. The molecule has 1 aromatic rings. The number of rotatable bonds is 4. The molecule has 1 aliphatic rings. The van der Waals surface area contributed by atoms with Gasteiger partial charge in [0, 0.05) is 25.2 Å².